The topological polar surface area (TPSA) is 58.6 Å². The van der Waals surface area contributed by atoms with Gasteiger partial charge in [-0.2, -0.15) is 4.62 Å². The van der Waals surface area contributed by atoms with E-state index in [2.05, 4.69) is 4.62 Å². The van der Waals surface area contributed by atoms with Crippen molar-refractivity contribution in [1.82, 2.24) is 10.4 Å². The van der Waals surface area contributed by atoms with Crippen LogP contribution in [0.5, 0.6) is 0 Å². The summed E-state index contributed by atoms with van der Waals surface area (Å²) in [7, 11) is 0. The number of carbonyl (C=O) groups is 1. The number of rotatable bonds is 2. The number of piperidine rings is 1. The van der Waals surface area contributed by atoms with Crippen molar-refractivity contribution in [2.75, 3.05) is 13.1 Å². The lowest BCUT2D eigenvalue weighted by Crippen LogP contribution is -2.42. The number of hydrogen-bond donors (Lipinski definition) is 1. The van der Waals surface area contributed by atoms with Gasteiger partial charge in [0.05, 0.1) is 0 Å². The van der Waals surface area contributed by atoms with E-state index in [1.165, 1.54) is 0 Å². The van der Waals surface area contributed by atoms with Gasteiger partial charge in [-0.25, -0.2) is 10.3 Å². The average Bonchev–Trinajstić information content (AvgIpc) is 2.14. The fourth-order valence-corrected chi connectivity index (χ4v) is 1.65. The first-order valence-corrected chi connectivity index (χ1v) is 7.65. The molecular formula is C6H11Cl2N2O3P. The van der Waals surface area contributed by atoms with Gasteiger partial charge in [0.2, 0.25) is 0 Å². The van der Waals surface area contributed by atoms with Crippen molar-refractivity contribution in [2.24, 2.45) is 0 Å². The first-order chi connectivity index (χ1) is 6.49. The van der Waals surface area contributed by atoms with E-state index in [0.717, 1.165) is 19.3 Å². The Bertz CT molecular complexity index is 251. The van der Waals surface area contributed by atoms with E-state index in [1.807, 2.05) is 5.48 Å². The summed E-state index contributed by atoms with van der Waals surface area (Å²) in [4.78, 5) is 12.9. The Kier molecular flexibility index (Phi) is 4.51. The number of amides is 2. The molecule has 0 saturated carbocycles. The molecule has 5 nitrogen and oxygen atoms in total. The van der Waals surface area contributed by atoms with E-state index in [9.17, 15) is 9.36 Å². The van der Waals surface area contributed by atoms with Gasteiger partial charge < -0.3 is 4.90 Å². The molecule has 1 aliphatic heterocycles. The molecule has 0 atom stereocenters. The minimum Gasteiger partial charge on any atom is -0.323 e. The van der Waals surface area contributed by atoms with Gasteiger partial charge in [0.25, 0.3) is 0 Å². The van der Waals surface area contributed by atoms with E-state index in [0.29, 0.717) is 13.1 Å². The molecule has 1 heterocycles. The van der Waals surface area contributed by atoms with Crippen molar-refractivity contribution >= 4 is 34.6 Å². The molecule has 14 heavy (non-hydrogen) atoms. The fraction of sp³-hybridized carbons (Fsp3) is 0.833. The molecule has 0 aromatic rings. The molecule has 2 amide bonds. The normalized spacial score (nSPS) is 18.0. The van der Waals surface area contributed by atoms with E-state index in [4.69, 9.17) is 22.5 Å². The molecule has 1 fully saturated rings. The zero-order chi connectivity index (χ0) is 10.6. The number of urea groups is 1. The van der Waals surface area contributed by atoms with Crippen LogP contribution in [0.25, 0.3) is 0 Å². The summed E-state index contributed by atoms with van der Waals surface area (Å²) in [5.41, 5.74) is 1.95. The fourth-order valence-electron chi connectivity index (χ4n) is 1.25. The summed E-state index contributed by atoms with van der Waals surface area (Å²) < 4.78 is 15.0. The zero-order valence-electron chi connectivity index (χ0n) is 7.41. The third kappa shape index (κ3) is 4.51. The van der Waals surface area contributed by atoms with Crippen molar-refractivity contribution in [3.05, 3.63) is 0 Å². The van der Waals surface area contributed by atoms with Gasteiger partial charge in [-0.3, -0.25) is 4.57 Å². The van der Waals surface area contributed by atoms with E-state index < -0.39 is 12.1 Å². The number of nitrogens with one attached hydrogen (secondary N) is 1. The summed E-state index contributed by atoms with van der Waals surface area (Å²) in [6.07, 6.45) is -0.635. The molecule has 0 unspecified atom stereocenters. The Balaban J connectivity index is 2.30. The second-order valence-corrected chi connectivity index (χ2v) is 7.16. The van der Waals surface area contributed by atoms with Crippen LogP contribution in [0.4, 0.5) is 4.79 Å². The van der Waals surface area contributed by atoms with Gasteiger partial charge in [-0.05, 0) is 41.7 Å². The molecule has 0 aromatic heterocycles. The van der Waals surface area contributed by atoms with Crippen LogP contribution < -0.4 is 5.48 Å². The van der Waals surface area contributed by atoms with Gasteiger partial charge in [0.15, 0.2) is 0 Å². The second-order valence-electron chi connectivity index (χ2n) is 2.96. The zero-order valence-corrected chi connectivity index (χ0v) is 9.82. The largest absolute Gasteiger partial charge is 0.401 e. The Hall–Kier alpha value is 0.0400. The standard InChI is InChI=1S/C6H11Cl2N2O3P/c7-14(8,12)13-9-6(11)10-4-2-1-3-5-10/h1-5H2,(H,9,11). The van der Waals surface area contributed by atoms with Crippen LogP contribution in [-0.4, -0.2) is 24.0 Å². The van der Waals surface area contributed by atoms with E-state index in [1.54, 1.807) is 4.90 Å². The van der Waals surface area contributed by atoms with Crippen LogP contribution in [-0.2, 0) is 9.19 Å². The van der Waals surface area contributed by atoms with E-state index >= 15 is 0 Å². The Morgan fingerprint density at radius 1 is 1.29 bits per heavy atom. The lowest BCUT2D eigenvalue weighted by atomic mass is 10.1. The predicted octanol–water partition coefficient (Wildman–Crippen LogP) is 2.70. The van der Waals surface area contributed by atoms with Crippen molar-refractivity contribution in [3.8, 4) is 0 Å². The summed E-state index contributed by atoms with van der Waals surface area (Å²) in [6.45, 7) is 1.34. The molecule has 1 rings (SSSR count). The van der Waals surface area contributed by atoms with E-state index in [-0.39, 0.29) is 0 Å². The van der Waals surface area contributed by atoms with Crippen LogP contribution in [0.3, 0.4) is 0 Å². The molecule has 1 aliphatic rings. The monoisotopic (exact) mass is 260 g/mol. The summed E-state index contributed by atoms with van der Waals surface area (Å²) in [6, 6.07) is -0.453. The quantitative estimate of drug-likeness (QED) is 0.614. The van der Waals surface area contributed by atoms with Crippen LogP contribution in [0.15, 0.2) is 0 Å². The highest BCUT2D eigenvalue weighted by molar-refractivity contribution is 8.05. The highest BCUT2D eigenvalue weighted by atomic mass is 35.9. The van der Waals surface area contributed by atoms with Crippen molar-refractivity contribution in [3.63, 3.8) is 0 Å². The van der Waals surface area contributed by atoms with Crippen LogP contribution in [0.1, 0.15) is 19.3 Å². The van der Waals surface area contributed by atoms with Crippen LogP contribution in [0, 0.1) is 0 Å². The van der Waals surface area contributed by atoms with Gasteiger partial charge in [0, 0.05) is 13.1 Å². The second kappa shape index (κ2) is 5.21. The lowest BCUT2D eigenvalue weighted by Gasteiger charge is -2.26. The Morgan fingerprint density at radius 3 is 2.36 bits per heavy atom. The van der Waals surface area contributed by atoms with Crippen LogP contribution >= 0.6 is 28.6 Å². The highest BCUT2D eigenvalue weighted by Gasteiger charge is 2.21. The Labute approximate surface area is 91.7 Å². The first kappa shape index (κ1) is 12.1. The molecule has 0 aromatic carbocycles. The number of halogens is 2. The maximum absolute atomic E-state index is 11.3. The highest BCUT2D eigenvalue weighted by Crippen LogP contribution is 2.56. The molecule has 1 N–H and O–H groups in total. The summed E-state index contributed by atoms with van der Waals surface area (Å²) >= 11 is 10.2. The van der Waals surface area contributed by atoms with Crippen molar-refractivity contribution in [2.45, 2.75) is 19.3 Å². The van der Waals surface area contributed by atoms with Crippen molar-refractivity contribution in [1.29, 1.82) is 0 Å². The smallest absolute Gasteiger partial charge is 0.323 e. The van der Waals surface area contributed by atoms with Crippen LogP contribution in [0.2, 0.25) is 0 Å². The molecule has 0 bridgehead atoms. The average molecular weight is 261 g/mol. The number of nitrogens with zero attached hydrogens (tertiary/aromatic N) is 1. The Morgan fingerprint density at radius 2 is 1.86 bits per heavy atom. The summed E-state index contributed by atoms with van der Waals surface area (Å²) in [5.74, 6) is 0. The molecule has 82 valence electrons. The molecule has 0 aliphatic carbocycles. The molecule has 1 saturated heterocycles. The number of likely N-dealkylation sites (tertiary alicyclic amines) is 1. The van der Waals surface area contributed by atoms with Gasteiger partial charge in [-0.15, -0.1) is 0 Å². The van der Waals surface area contributed by atoms with Gasteiger partial charge in [-0.1, -0.05) is 0 Å². The minimum absolute atomic E-state index is 0.453. The van der Waals surface area contributed by atoms with Gasteiger partial charge >= 0.3 is 12.1 Å². The molecule has 0 radical (unpaired) electrons. The third-order valence-electron chi connectivity index (χ3n) is 1.88. The minimum atomic E-state index is -3.68. The third-order valence-corrected chi connectivity index (χ3v) is 2.60. The predicted molar refractivity (Wildman–Crippen MR) is 54.4 cm³/mol. The molecular weight excluding hydrogens is 250 g/mol. The lowest BCUT2D eigenvalue weighted by molar-refractivity contribution is 0.140. The first-order valence-electron chi connectivity index (χ1n) is 4.22. The number of hydroxylamine groups is 1. The number of carbonyl (C=O) groups excluding carboxylic acids is 1. The molecule has 8 heteroatoms. The maximum Gasteiger partial charge on any atom is 0.401 e. The summed E-state index contributed by atoms with van der Waals surface area (Å²) in [5, 5.41) is 0. The molecule has 0 spiro atoms. The van der Waals surface area contributed by atoms with Gasteiger partial charge in [0.1, 0.15) is 0 Å². The SMILES string of the molecule is O=C(NOP(=O)(Cl)Cl)N1CCCCC1. The maximum atomic E-state index is 11.3. The van der Waals surface area contributed by atoms with Crippen molar-refractivity contribution < 1.29 is 14.0 Å². The number of hydrogen-bond acceptors (Lipinski definition) is 3.